The molecular weight excluding hydrogens is 320 g/mol. The highest BCUT2D eigenvalue weighted by molar-refractivity contribution is 5.92. The smallest absolute Gasteiger partial charge is 0.338 e. The molecule has 0 spiro atoms. The zero-order chi connectivity index (χ0) is 17.6. The third kappa shape index (κ3) is 4.23. The Hall–Kier alpha value is -2.70. The monoisotopic (exact) mass is 342 g/mol. The van der Waals surface area contributed by atoms with Gasteiger partial charge in [-0.15, -0.1) is 0 Å². The van der Waals surface area contributed by atoms with Crippen molar-refractivity contribution in [1.82, 2.24) is 19.7 Å². The molecule has 0 aliphatic carbocycles. The van der Waals surface area contributed by atoms with Gasteiger partial charge in [-0.1, -0.05) is 12.8 Å². The van der Waals surface area contributed by atoms with Crippen LogP contribution < -0.4 is 0 Å². The van der Waals surface area contributed by atoms with Crippen LogP contribution in [0.25, 0.3) is 5.69 Å². The van der Waals surface area contributed by atoms with Gasteiger partial charge in [-0.05, 0) is 44.0 Å². The van der Waals surface area contributed by atoms with Gasteiger partial charge in [-0.25, -0.2) is 14.5 Å². The molecule has 0 bridgehead atoms. The van der Waals surface area contributed by atoms with Crippen LogP contribution >= 0.6 is 0 Å². The molecule has 7 heteroatoms. The van der Waals surface area contributed by atoms with Gasteiger partial charge in [0, 0.05) is 13.1 Å². The Morgan fingerprint density at radius 2 is 1.76 bits per heavy atom. The largest absolute Gasteiger partial charge is 0.449 e. The Kier molecular flexibility index (Phi) is 5.42. The summed E-state index contributed by atoms with van der Waals surface area (Å²) in [5.41, 5.74) is 1.20. The van der Waals surface area contributed by atoms with Crippen molar-refractivity contribution in [2.45, 2.75) is 38.7 Å². The topological polar surface area (TPSA) is 77.3 Å². The highest BCUT2D eigenvalue weighted by Crippen LogP contribution is 2.14. The molecule has 1 aliphatic rings. The van der Waals surface area contributed by atoms with Gasteiger partial charge in [0.1, 0.15) is 12.7 Å². The zero-order valence-electron chi connectivity index (χ0n) is 14.3. The number of aromatic nitrogens is 3. The minimum absolute atomic E-state index is 0.116. The molecule has 1 aromatic carbocycles. The summed E-state index contributed by atoms with van der Waals surface area (Å²) in [6.45, 7) is 3.12. The van der Waals surface area contributed by atoms with E-state index in [0.29, 0.717) is 5.56 Å². The first-order valence-electron chi connectivity index (χ1n) is 8.60. The quantitative estimate of drug-likeness (QED) is 0.796. The first-order chi connectivity index (χ1) is 12.1. The third-order valence-electron chi connectivity index (χ3n) is 4.34. The molecular formula is C18H22N4O3. The summed E-state index contributed by atoms with van der Waals surface area (Å²) in [6.07, 6.45) is 6.56. The number of hydrogen-bond donors (Lipinski definition) is 0. The van der Waals surface area contributed by atoms with E-state index < -0.39 is 12.1 Å². The standard InChI is InChI=1S/C18H22N4O3/c1-14(17(23)21-10-4-2-3-5-11-21)25-18(24)15-6-8-16(9-7-15)22-13-19-12-20-22/h6-9,12-14H,2-5,10-11H2,1H3/t14-/m0/s1. The van der Waals surface area contributed by atoms with E-state index in [2.05, 4.69) is 10.1 Å². The number of esters is 1. The van der Waals surface area contributed by atoms with Gasteiger partial charge >= 0.3 is 5.97 Å². The third-order valence-corrected chi connectivity index (χ3v) is 4.34. The lowest BCUT2D eigenvalue weighted by atomic mass is 10.2. The van der Waals surface area contributed by atoms with Crippen molar-refractivity contribution >= 4 is 11.9 Å². The van der Waals surface area contributed by atoms with Gasteiger partial charge in [0.2, 0.25) is 0 Å². The van der Waals surface area contributed by atoms with E-state index in [1.165, 1.54) is 6.33 Å². The van der Waals surface area contributed by atoms with Crippen molar-refractivity contribution in [3.8, 4) is 5.69 Å². The highest BCUT2D eigenvalue weighted by atomic mass is 16.5. The molecule has 2 heterocycles. The summed E-state index contributed by atoms with van der Waals surface area (Å²) in [7, 11) is 0. The molecule has 2 aromatic rings. The number of carbonyl (C=O) groups is 2. The maximum Gasteiger partial charge on any atom is 0.338 e. The Morgan fingerprint density at radius 3 is 2.36 bits per heavy atom. The van der Waals surface area contributed by atoms with Gasteiger partial charge < -0.3 is 9.64 Å². The average molecular weight is 342 g/mol. The lowest BCUT2D eigenvalue weighted by Crippen LogP contribution is -2.40. The van der Waals surface area contributed by atoms with E-state index in [-0.39, 0.29) is 5.91 Å². The number of carbonyl (C=O) groups excluding carboxylic acids is 2. The lowest BCUT2D eigenvalue weighted by molar-refractivity contribution is -0.139. The molecule has 132 valence electrons. The van der Waals surface area contributed by atoms with Crippen LogP contribution in [-0.4, -0.2) is 50.7 Å². The van der Waals surface area contributed by atoms with E-state index in [1.807, 2.05) is 0 Å². The number of nitrogens with zero attached hydrogens (tertiary/aromatic N) is 4. The molecule has 1 atom stereocenters. The first kappa shape index (κ1) is 17.1. The fourth-order valence-corrected chi connectivity index (χ4v) is 2.92. The molecule has 1 saturated heterocycles. The van der Waals surface area contributed by atoms with Crippen LogP contribution in [0.1, 0.15) is 43.0 Å². The van der Waals surface area contributed by atoms with E-state index >= 15 is 0 Å². The molecule has 1 aromatic heterocycles. The molecule has 0 saturated carbocycles. The fourth-order valence-electron chi connectivity index (χ4n) is 2.92. The van der Waals surface area contributed by atoms with E-state index in [9.17, 15) is 9.59 Å². The van der Waals surface area contributed by atoms with Crippen LogP contribution in [0.5, 0.6) is 0 Å². The SMILES string of the molecule is C[C@H](OC(=O)c1ccc(-n2cncn2)cc1)C(=O)N1CCCCCC1. The van der Waals surface area contributed by atoms with Crippen LogP contribution in [0.2, 0.25) is 0 Å². The van der Waals surface area contributed by atoms with E-state index in [4.69, 9.17) is 4.74 Å². The Labute approximate surface area is 146 Å². The number of benzene rings is 1. The fraction of sp³-hybridized carbons (Fsp3) is 0.444. The molecule has 1 aliphatic heterocycles. The van der Waals surface area contributed by atoms with Crippen LogP contribution in [0.4, 0.5) is 0 Å². The predicted octanol–water partition coefficient (Wildman–Crippen LogP) is 2.22. The summed E-state index contributed by atoms with van der Waals surface area (Å²) >= 11 is 0. The van der Waals surface area contributed by atoms with Crippen molar-refractivity contribution < 1.29 is 14.3 Å². The Morgan fingerprint density at radius 1 is 1.08 bits per heavy atom. The molecule has 1 fully saturated rings. The van der Waals surface area contributed by atoms with Gasteiger partial charge in [0.05, 0.1) is 11.3 Å². The van der Waals surface area contributed by atoms with Gasteiger partial charge in [0.15, 0.2) is 6.10 Å². The molecule has 7 nitrogen and oxygen atoms in total. The van der Waals surface area contributed by atoms with Gasteiger partial charge in [-0.2, -0.15) is 5.10 Å². The first-order valence-corrected chi connectivity index (χ1v) is 8.60. The summed E-state index contributed by atoms with van der Waals surface area (Å²) in [5.74, 6) is -0.615. The lowest BCUT2D eigenvalue weighted by Gasteiger charge is -2.24. The van der Waals surface area contributed by atoms with E-state index in [0.717, 1.165) is 44.5 Å². The summed E-state index contributed by atoms with van der Waals surface area (Å²) in [5, 5.41) is 4.03. The van der Waals surface area contributed by atoms with Crippen LogP contribution in [0.15, 0.2) is 36.9 Å². The Bertz CT molecular complexity index is 704. The predicted molar refractivity (Wildman–Crippen MR) is 91.3 cm³/mol. The molecule has 0 unspecified atom stereocenters. The summed E-state index contributed by atoms with van der Waals surface area (Å²) in [4.78, 5) is 30.4. The Balaban J connectivity index is 1.60. The number of rotatable bonds is 4. The number of likely N-dealkylation sites (tertiary alicyclic amines) is 1. The van der Waals surface area contributed by atoms with Crippen molar-refractivity contribution in [3.63, 3.8) is 0 Å². The summed E-state index contributed by atoms with van der Waals surface area (Å²) < 4.78 is 6.96. The number of amides is 1. The molecule has 25 heavy (non-hydrogen) atoms. The van der Waals surface area contributed by atoms with E-state index in [1.54, 1.807) is 47.1 Å². The zero-order valence-corrected chi connectivity index (χ0v) is 14.3. The second-order valence-electron chi connectivity index (χ2n) is 6.17. The summed E-state index contributed by atoms with van der Waals surface area (Å²) in [6, 6.07) is 6.82. The second kappa shape index (κ2) is 7.92. The number of hydrogen-bond acceptors (Lipinski definition) is 5. The molecule has 1 amide bonds. The van der Waals surface area contributed by atoms with Crippen molar-refractivity contribution in [2.24, 2.45) is 0 Å². The van der Waals surface area contributed by atoms with Crippen LogP contribution in [0.3, 0.4) is 0 Å². The van der Waals surface area contributed by atoms with Gasteiger partial charge in [0.25, 0.3) is 5.91 Å². The average Bonchev–Trinajstić information content (AvgIpc) is 3.03. The molecule has 0 N–H and O–H groups in total. The minimum Gasteiger partial charge on any atom is -0.449 e. The van der Waals surface area contributed by atoms with Crippen LogP contribution in [-0.2, 0) is 9.53 Å². The van der Waals surface area contributed by atoms with Crippen molar-refractivity contribution in [3.05, 3.63) is 42.5 Å². The number of ether oxygens (including phenoxy) is 1. The second-order valence-corrected chi connectivity index (χ2v) is 6.17. The van der Waals surface area contributed by atoms with Gasteiger partial charge in [-0.3, -0.25) is 4.79 Å². The van der Waals surface area contributed by atoms with Crippen LogP contribution in [0, 0.1) is 0 Å². The maximum atomic E-state index is 12.5. The van der Waals surface area contributed by atoms with Crippen molar-refractivity contribution in [2.75, 3.05) is 13.1 Å². The minimum atomic E-state index is -0.777. The highest BCUT2D eigenvalue weighted by Gasteiger charge is 2.24. The molecule has 0 radical (unpaired) electrons. The van der Waals surface area contributed by atoms with Crippen molar-refractivity contribution in [1.29, 1.82) is 0 Å². The maximum absolute atomic E-state index is 12.5. The normalized spacial score (nSPS) is 16.1. The molecule has 3 rings (SSSR count).